The summed E-state index contributed by atoms with van der Waals surface area (Å²) in [4.78, 5) is 11.6. The molecule has 4 heterocycles. The van der Waals surface area contributed by atoms with Crippen molar-refractivity contribution in [2.45, 2.75) is 166 Å². The Hall–Kier alpha value is -2.15. The van der Waals surface area contributed by atoms with Crippen molar-refractivity contribution in [1.82, 2.24) is 0 Å². The molecule has 6 aliphatic rings. The molecule has 1 spiro atoms. The fourth-order valence-electron chi connectivity index (χ4n) is 10.3. The third-order valence-corrected chi connectivity index (χ3v) is 13.2. The molecule has 0 aromatic rings. The third-order valence-electron chi connectivity index (χ3n) is 13.2. The number of ether oxygens (including phenoxy) is 8. The van der Waals surface area contributed by atoms with Gasteiger partial charge in [-0.15, -0.1) is 0 Å². The molecule has 0 aromatic heterocycles. The summed E-state index contributed by atoms with van der Waals surface area (Å²) in [5.74, 6) is 0.311. The van der Waals surface area contributed by atoms with Crippen LogP contribution in [0.3, 0.4) is 0 Å². The zero-order chi connectivity index (χ0) is 39.3. The number of allylic oxidation sites excluding steroid dienone is 3. The van der Waals surface area contributed by atoms with Crippen LogP contribution in [-0.4, -0.2) is 99.4 Å². The zero-order valence-electron chi connectivity index (χ0n) is 34.5. The Kier molecular flexibility index (Phi) is 14.7. The second-order valence-corrected chi connectivity index (χ2v) is 17.3. The molecule has 4 aliphatic heterocycles. The fourth-order valence-corrected chi connectivity index (χ4v) is 10.3. The highest BCUT2D eigenvalue weighted by Gasteiger charge is 2.48. The van der Waals surface area contributed by atoms with E-state index in [4.69, 9.17) is 37.9 Å². The quantitative estimate of drug-likeness (QED) is 0.149. The molecule has 0 bridgehead atoms. The highest BCUT2D eigenvalue weighted by atomic mass is 16.7. The second kappa shape index (κ2) is 19.1. The summed E-state index contributed by atoms with van der Waals surface area (Å²) in [6, 6.07) is 0. The summed E-state index contributed by atoms with van der Waals surface area (Å²) in [6.07, 6.45) is 20.9. The first-order valence-corrected chi connectivity index (χ1v) is 21.0. The smallest absolute Gasteiger partial charge is 0.293 e. The molecular formula is C45H68O10. The van der Waals surface area contributed by atoms with E-state index in [-0.39, 0.29) is 66.6 Å². The summed E-state index contributed by atoms with van der Waals surface area (Å²) in [6.45, 7) is 13.7. The predicted molar refractivity (Wildman–Crippen MR) is 210 cm³/mol. The molecule has 1 saturated carbocycles. The minimum Gasteiger partial charge on any atom is -0.464 e. The van der Waals surface area contributed by atoms with Gasteiger partial charge in [0.05, 0.1) is 43.2 Å². The van der Waals surface area contributed by atoms with Gasteiger partial charge in [0.15, 0.2) is 12.1 Å². The normalized spacial score (nSPS) is 42.0. The molecule has 10 heteroatoms. The number of hydrogen-bond donors (Lipinski definition) is 1. The van der Waals surface area contributed by atoms with Crippen molar-refractivity contribution in [1.29, 1.82) is 0 Å². The zero-order valence-corrected chi connectivity index (χ0v) is 34.5. The molecule has 8 unspecified atom stereocenters. The summed E-state index contributed by atoms with van der Waals surface area (Å²) in [5.41, 5.74) is 3.23. The summed E-state index contributed by atoms with van der Waals surface area (Å²) >= 11 is 0. The second-order valence-electron chi connectivity index (χ2n) is 17.3. The van der Waals surface area contributed by atoms with Crippen LogP contribution in [0.5, 0.6) is 0 Å². The van der Waals surface area contributed by atoms with Crippen molar-refractivity contribution in [3.63, 3.8) is 0 Å². The van der Waals surface area contributed by atoms with Gasteiger partial charge in [-0.1, -0.05) is 76.5 Å². The number of aliphatic hydroxyl groups excluding tert-OH is 1. The van der Waals surface area contributed by atoms with E-state index < -0.39 is 18.2 Å². The van der Waals surface area contributed by atoms with Crippen molar-refractivity contribution in [2.75, 3.05) is 20.8 Å². The Morgan fingerprint density at radius 3 is 2.56 bits per heavy atom. The Morgan fingerprint density at radius 1 is 1.05 bits per heavy atom. The lowest BCUT2D eigenvalue weighted by Crippen LogP contribution is -2.53. The number of aliphatic hydroxyl groups is 1. The minimum atomic E-state index is -0.922. The molecule has 10 nitrogen and oxygen atoms in total. The van der Waals surface area contributed by atoms with Gasteiger partial charge >= 0.3 is 0 Å². The minimum absolute atomic E-state index is 0.0186. The van der Waals surface area contributed by atoms with Crippen LogP contribution in [-0.2, 0) is 42.7 Å². The lowest BCUT2D eigenvalue weighted by atomic mass is 9.76. The topological polar surface area (TPSA) is 111 Å². The van der Waals surface area contributed by atoms with Crippen LogP contribution in [0.2, 0.25) is 0 Å². The maximum atomic E-state index is 11.6. The maximum Gasteiger partial charge on any atom is 0.293 e. The van der Waals surface area contributed by atoms with E-state index in [0.29, 0.717) is 50.6 Å². The van der Waals surface area contributed by atoms with Crippen LogP contribution in [0.4, 0.5) is 0 Å². The van der Waals surface area contributed by atoms with Gasteiger partial charge in [-0.25, -0.2) is 0 Å². The molecule has 3 saturated heterocycles. The number of rotatable bonds is 13. The molecular weight excluding hydrogens is 700 g/mol. The van der Waals surface area contributed by atoms with Crippen LogP contribution in [0.25, 0.3) is 0 Å². The number of methoxy groups -OCH3 is 2. The van der Waals surface area contributed by atoms with Gasteiger partial charge in [0.25, 0.3) is 6.47 Å². The maximum absolute atomic E-state index is 11.6. The van der Waals surface area contributed by atoms with Crippen LogP contribution in [0.1, 0.15) is 99.3 Å². The molecule has 0 aromatic carbocycles. The molecule has 2 aliphatic carbocycles. The summed E-state index contributed by atoms with van der Waals surface area (Å²) < 4.78 is 50.3. The van der Waals surface area contributed by atoms with E-state index in [2.05, 4.69) is 70.2 Å². The standard InChI is InChI=1S/C45H68O10/c1-27(13-12-16-34-25-50-44-39(34)30(4)21-31(5)40(44)47)41(53-38-23-37(48-7)43(49-8)32(6)52-38)28(2)17-18-35-22-36(51-26-46)24-45(54-35)20-19-29(3)42(55-45)33-14-10-9-11-15-33/h12-13,16-17,19-21,26-27,29-30,32-33,35-44,47H,9-11,14-15,18,22-25H2,1-8H3/b13-12+,28-17+,34-16+/t27-,29-,30+,32?,35?,36-,37?,38-,39?,40?,41-,42?,43-,44?,45?/m0/s1. The molecule has 4 fully saturated rings. The summed E-state index contributed by atoms with van der Waals surface area (Å²) in [5, 5.41) is 10.8. The van der Waals surface area contributed by atoms with Gasteiger partial charge in [0.2, 0.25) is 0 Å². The van der Waals surface area contributed by atoms with Crippen molar-refractivity contribution in [2.24, 2.45) is 29.6 Å². The van der Waals surface area contributed by atoms with Gasteiger partial charge < -0.3 is 43.0 Å². The Morgan fingerprint density at radius 2 is 1.84 bits per heavy atom. The molecule has 55 heavy (non-hydrogen) atoms. The van der Waals surface area contributed by atoms with E-state index >= 15 is 0 Å². The number of hydrogen-bond acceptors (Lipinski definition) is 10. The van der Waals surface area contributed by atoms with Crippen molar-refractivity contribution in [3.05, 3.63) is 59.3 Å². The molecule has 6 rings (SSSR count). The van der Waals surface area contributed by atoms with Crippen LogP contribution in [0.15, 0.2) is 59.3 Å². The molecule has 15 atom stereocenters. The SMILES string of the molecule is COC1C[C@H](O[C@H](/C(C)=C/CC2C[C@H](OC=O)CC3(C=C[C@H](C)C(C4CCCCC4)O3)O2)[C@@H](C)/C=C/C=C2\COC3C(O)C(C)=C[C@@H](C)C23)OC(C)[C@@H]1OC. The number of fused-ring (bicyclic) bond motifs is 1. The van der Waals surface area contributed by atoms with Crippen molar-refractivity contribution < 1.29 is 47.8 Å². The van der Waals surface area contributed by atoms with Crippen LogP contribution < -0.4 is 0 Å². The first kappa shape index (κ1) is 42.5. The van der Waals surface area contributed by atoms with Crippen molar-refractivity contribution in [3.8, 4) is 0 Å². The average Bonchev–Trinajstić information content (AvgIpc) is 3.61. The van der Waals surface area contributed by atoms with E-state index in [0.717, 1.165) is 11.1 Å². The van der Waals surface area contributed by atoms with E-state index in [1.165, 1.54) is 37.7 Å². The van der Waals surface area contributed by atoms with E-state index in [1.54, 1.807) is 14.2 Å². The fraction of sp³-hybridized carbons (Fsp3) is 0.756. The average molecular weight is 769 g/mol. The van der Waals surface area contributed by atoms with Crippen LogP contribution >= 0.6 is 0 Å². The Labute approximate surface area is 329 Å². The van der Waals surface area contributed by atoms with Gasteiger partial charge in [0.1, 0.15) is 18.3 Å². The molecule has 0 amide bonds. The lowest BCUT2D eigenvalue weighted by molar-refractivity contribution is -0.300. The predicted octanol–water partition coefficient (Wildman–Crippen LogP) is 7.55. The van der Waals surface area contributed by atoms with Gasteiger partial charge in [-0.2, -0.15) is 0 Å². The van der Waals surface area contributed by atoms with Crippen molar-refractivity contribution >= 4 is 6.47 Å². The van der Waals surface area contributed by atoms with Crippen LogP contribution in [0, 0.1) is 29.6 Å². The third kappa shape index (κ3) is 9.94. The first-order valence-electron chi connectivity index (χ1n) is 21.0. The molecule has 0 radical (unpaired) electrons. The van der Waals surface area contributed by atoms with E-state index in [1.807, 2.05) is 13.8 Å². The highest BCUT2D eigenvalue weighted by Crippen LogP contribution is 2.44. The molecule has 308 valence electrons. The molecule has 1 N–H and O–H groups in total. The number of carbonyl (C=O) groups excluding carboxylic acids is 1. The van der Waals surface area contributed by atoms with Gasteiger partial charge in [0, 0.05) is 51.2 Å². The number of carbonyl (C=O) groups is 1. The summed E-state index contributed by atoms with van der Waals surface area (Å²) in [7, 11) is 3.39. The van der Waals surface area contributed by atoms with Gasteiger partial charge in [-0.05, 0) is 74.7 Å². The highest BCUT2D eigenvalue weighted by molar-refractivity contribution is 5.37. The van der Waals surface area contributed by atoms with E-state index in [9.17, 15) is 9.90 Å². The Bertz CT molecular complexity index is 1430. The monoisotopic (exact) mass is 768 g/mol. The Balaban J connectivity index is 1.20. The largest absolute Gasteiger partial charge is 0.464 e. The first-order chi connectivity index (χ1) is 26.4. The van der Waals surface area contributed by atoms with Gasteiger partial charge in [-0.3, -0.25) is 4.79 Å². The lowest BCUT2D eigenvalue weighted by Gasteiger charge is -2.48.